The SMILES string of the molecule is C=C1c2ccccc2C(=O)N1CC(=O)Nc1ccccc1N1CCN(CC)CC1. The van der Waals surface area contributed by atoms with Crippen molar-refractivity contribution in [2.75, 3.05) is 49.5 Å². The van der Waals surface area contributed by atoms with E-state index in [1.807, 2.05) is 42.5 Å². The van der Waals surface area contributed by atoms with E-state index in [0.717, 1.165) is 49.7 Å². The number of nitrogens with zero attached hydrogens (tertiary/aromatic N) is 3. The van der Waals surface area contributed by atoms with E-state index in [4.69, 9.17) is 0 Å². The molecule has 2 amide bonds. The minimum absolute atomic E-state index is 0.0513. The maximum atomic E-state index is 12.8. The van der Waals surface area contributed by atoms with Gasteiger partial charge in [0, 0.05) is 43.0 Å². The van der Waals surface area contributed by atoms with Gasteiger partial charge in [0.15, 0.2) is 0 Å². The van der Waals surface area contributed by atoms with Crippen molar-refractivity contribution in [2.24, 2.45) is 0 Å². The van der Waals surface area contributed by atoms with Crippen molar-refractivity contribution in [1.29, 1.82) is 0 Å². The van der Waals surface area contributed by atoms with Crippen LogP contribution < -0.4 is 10.2 Å². The number of carbonyl (C=O) groups excluding carboxylic acids is 2. The van der Waals surface area contributed by atoms with Crippen molar-refractivity contribution >= 4 is 28.9 Å². The number of hydrogen-bond acceptors (Lipinski definition) is 4. The van der Waals surface area contributed by atoms with E-state index in [2.05, 4.69) is 28.6 Å². The summed E-state index contributed by atoms with van der Waals surface area (Å²) in [5.74, 6) is -0.406. The first kappa shape index (κ1) is 19.2. The van der Waals surface area contributed by atoms with Crippen LogP contribution in [0.2, 0.25) is 0 Å². The molecule has 1 N–H and O–H groups in total. The molecular formula is C23H26N4O2. The van der Waals surface area contributed by atoms with Crippen LogP contribution in [0.3, 0.4) is 0 Å². The van der Waals surface area contributed by atoms with Gasteiger partial charge in [0.05, 0.1) is 11.4 Å². The largest absolute Gasteiger partial charge is 0.367 e. The van der Waals surface area contributed by atoms with Crippen molar-refractivity contribution in [3.63, 3.8) is 0 Å². The average Bonchev–Trinajstić information content (AvgIpc) is 2.99. The molecule has 2 aromatic rings. The third-order valence-electron chi connectivity index (χ3n) is 5.68. The van der Waals surface area contributed by atoms with Gasteiger partial charge in [-0.15, -0.1) is 0 Å². The average molecular weight is 390 g/mol. The maximum absolute atomic E-state index is 12.8. The number of amides is 2. The van der Waals surface area contributed by atoms with Crippen LogP contribution in [-0.2, 0) is 4.79 Å². The lowest BCUT2D eigenvalue weighted by Gasteiger charge is -2.36. The highest BCUT2D eigenvalue weighted by Crippen LogP contribution is 2.31. The Kier molecular flexibility index (Phi) is 5.36. The van der Waals surface area contributed by atoms with E-state index < -0.39 is 0 Å². The Morgan fingerprint density at radius 3 is 2.34 bits per heavy atom. The molecule has 0 atom stereocenters. The molecular weight excluding hydrogens is 364 g/mol. The number of hydrogen-bond donors (Lipinski definition) is 1. The Morgan fingerprint density at radius 2 is 1.66 bits per heavy atom. The molecule has 0 radical (unpaired) electrons. The minimum Gasteiger partial charge on any atom is -0.367 e. The van der Waals surface area contributed by atoms with Crippen LogP contribution in [0.4, 0.5) is 11.4 Å². The molecule has 150 valence electrons. The van der Waals surface area contributed by atoms with Crippen LogP contribution in [-0.4, -0.2) is 60.9 Å². The molecule has 29 heavy (non-hydrogen) atoms. The van der Waals surface area contributed by atoms with Gasteiger partial charge >= 0.3 is 0 Å². The van der Waals surface area contributed by atoms with Gasteiger partial charge in [-0.3, -0.25) is 14.5 Å². The zero-order valence-electron chi connectivity index (χ0n) is 16.7. The number of carbonyl (C=O) groups is 2. The molecule has 2 aliphatic heterocycles. The number of benzene rings is 2. The summed E-state index contributed by atoms with van der Waals surface area (Å²) >= 11 is 0. The quantitative estimate of drug-likeness (QED) is 0.853. The van der Waals surface area contributed by atoms with E-state index in [1.165, 1.54) is 4.90 Å². The van der Waals surface area contributed by atoms with Gasteiger partial charge in [-0.05, 0) is 24.7 Å². The third kappa shape index (κ3) is 3.76. The first-order chi connectivity index (χ1) is 14.1. The smallest absolute Gasteiger partial charge is 0.259 e. The summed E-state index contributed by atoms with van der Waals surface area (Å²) in [4.78, 5) is 31.6. The molecule has 0 unspecified atom stereocenters. The number of piperazine rings is 1. The van der Waals surface area contributed by atoms with Gasteiger partial charge in [-0.25, -0.2) is 0 Å². The van der Waals surface area contributed by atoms with Crippen molar-refractivity contribution < 1.29 is 9.59 Å². The highest BCUT2D eigenvalue weighted by molar-refractivity contribution is 6.11. The number of anilines is 2. The lowest BCUT2D eigenvalue weighted by atomic mass is 10.1. The number of fused-ring (bicyclic) bond motifs is 1. The zero-order valence-corrected chi connectivity index (χ0v) is 16.7. The monoisotopic (exact) mass is 390 g/mol. The van der Waals surface area contributed by atoms with Gasteiger partial charge in [0.2, 0.25) is 5.91 Å². The molecule has 0 aliphatic carbocycles. The lowest BCUT2D eigenvalue weighted by molar-refractivity contribution is -0.116. The first-order valence-corrected chi connectivity index (χ1v) is 10.0. The molecule has 1 fully saturated rings. The third-order valence-corrected chi connectivity index (χ3v) is 5.68. The summed E-state index contributed by atoms with van der Waals surface area (Å²) in [6.07, 6.45) is 0. The number of nitrogens with one attached hydrogen (secondary N) is 1. The summed E-state index contributed by atoms with van der Waals surface area (Å²) in [5, 5.41) is 3.00. The molecule has 2 aliphatic rings. The number of rotatable bonds is 5. The van der Waals surface area contributed by atoms with Gasteiger partial charge in [0.1, 0.15) is 6.54 Å². The van der Waals surface area contributed by atoms with E-state index in [9.17, 15) is 9.59 Å². The Hall–Kier alpha value is -3.12. The first-order valence-electron chi connectivity index (χ1n) is 10.0. The van der Waals surface area contributed by atoms with Crippen LogP contribution in [0.25, 0.3) is 5.70 Å². The van der Waals surface area contributed by atoms with Crippen LogP contribution >= 0.6 is 0 Å². The molecule has 4 rings (SSSR count). The molecule has 6 nitrogen and oxygen atoms in total. The normalized spacial score (nSPS) is 16.9. The summed E-state index contributed by atoms with van der Waals surface area (Å²) in [6.45, 7) is 11.1. The topological polar surface area (TPSA) is 55.9 Å². The second-order valence-electron chi connectivity index (χ2n) is 7.37. The predicted octanol–water partition coefficient (Wildman–Crippen LogP) is 2.89. The molecule has 6 heteroatoms. The maximum Gasteiger partial charge on any atom is 0.259 e. The Bertz CT molecular complexity index is 912. The van der Waals surface area contributed by atoms with Gasteiger partial charge in [-0.2, -0.15) is 0 Å². The Balaban J connectivity index is 1.45. The van der Waals surface area contributed by atoms with Crippen LogP contribution in [0, 0.1) is 0 Å². The highest BCUT2D eigenvalue weighted by Gasteiger charge is 2.32. The second-order valence-corrected chi connectivity index (χ2v) is 7.37. The van der Waals surface area contributed by atoms with E-state index in [0.29, 0.717) is 11.3 Å². The van der Waals surface area contributed by atoms with E-state index >= 15 is 0 Å². The second kappa shape index (κ2) is 8.09. The van der Waals surface area contributed by atoms with Gasteiger partial charge in [0.25, 0.3) is 5.91 Å². The van der Waals surface area contributed by atoms with E-state index in [-0.39, 0.29) is 18.4 Å². The minimum atomic E-state index is -0.230. The molecule has 0 aromatic heterocycles. The fourth-order valence-electron chi connectivity index (χ4n) is 4.00. The van der Waals surface area contributed by atoms with Crippen LogP contribution in [0.1, 0.15) is 22.8 Å². The Morgan fingerprint density at radius 1 is 1.00 bits per heavy atom. The van der Waals surface area contributed by atoms with E-state index in [1.54, 1.807) is 6.07 Å². The number of para-hydroxylation sites is 2. The standard InChI is InChI=1S/C23H26N4O2/c1-3-25-12-14-26(15-13-25)21-11-7-6-10-20(21)24-22(28)16-27-17(2)18-8-4-5-9-19(18)23(27)29/h4-11H,2-3,12-16H2,1H3,(H,24,28). The molecule has 2 aromatic carbocycles. The predicted molar refractivity (Wildman–Crippen MR) is 116 cm³/mol. The van der Waals surface area contributed by atoms with Crippen LogP contribution in [0.15, 0.2) is 55.1 Å². The zero-order chi connectivity index (χ0) is 20.4. The molecule has 0 spiro atoms. The van der Waals surface area contributed by atoms with Crippen molar-refractivity contribution in [1.82, 2.24) is 9.80 Å². The molecule has 1 saturated heterocycles. The van der Waals surface area contributed by atoms with Crippen molar-refractivity contribution in [2.45, 2.75) is 6.92 Å². The fraction of sp³-hybridized carbons (Fsp3) is 0.304. The molecule has 2 heterocycles. The summed E-state index contributed by atoms with van der Waals surface area (Å²) in [7, 11) is 0. The highest BCUT2D eigenvalue weighted by atomic mass is 16.2. The summed E-state index contributed by atoms with van der Waals surface area (Å²) < 4.78 is 0. The number of likely N-dealkylation sites (N-methyl/N-ethyl adjacent to an activating group) is 1. The Labute approximate surface area is 171 Å². The van der Waals surface area contributed by atoms with Crippen LogP contribution in [0.5, 0.6) is 0 Å². The lowest BCUT2D eigenvalue weighted by Crippen LogP contribution is -2.46. The van der Waals surface area contributed by atoms with Gasteiger partial charge < -0.3 is 15.1 Å². The van der Waals surface area contributed by atoms with Crippen molar-refractivity contribution in [3.8, 4) is 0 Å². The fourth-order valence-corrected chi connectivity index (χ4v) is 4.00. The molecule has 0 saturated carbocycles. The van der Waals surface area contributed by atoms with Gasteiger partial charge in [-0.1, -0.05) is 43.8 Å². The summed E-state index contributed by atoms with van der Waals surface area (Å²) in [6, 6.07) is 15.2. The summed E-state index contributed by atoms with van der Waals surface area (Å²) in [5.41, 5.74) is 3.76. The van der Waals surface area contributed by atoms with Crippen molar-refractivity contribution in [3.05, 3.63) is 66.2 Å². The molecule has 0 bridgehead atoms.